The van der Waals surface area contributed by atoms with Gasteiger partial charge in [-0.1, -0.05) is 115 Å². The molecule has 2 unspecified atom stereocenters. The van der Waals surface area contributed by atoms with E-state index in [1.54, 1.807) is 11.9 Å². The van der Waals surface area contributed by atoms with Gasteiger partial charge in [-0.15, -0.1) is 0 Å². The number of rotatable bonds is 14. The number of alkyl carbamates (subject to hydrolysis) is 1. The summed E-state index contributed by atoms with van der Waals surface area (Å²) in [6.45, 7) is 12.4. The minimum absolute atomic E-state index is 0.0977. The zero-order valence-electron chi connectivity index (χ0n) is 38.1. The molecule has 61 heavy (non-hydrogen) atoms. The van der Waals surface area contributed by atoms with E-state index in [0.29, 0.717) is 31.6 Å². The van der Waals surface area contributed by atoms with Crippen LogP contribution in [0.2, 0.25) is 0 Å². The quantitative estimate of drug-likeness (QED) is 0.0709. The third-order valence-corrected chi connectivity index (χ3v) is 10.3. The summed E-state index contributed by atoms with van der Waals surface area (Å²) >= 11 is 0. The van der Waals surface area contributed by atoms with Gasteiger partial charge in [-0.2, -0.15) is 0 Å². The van der Waals surface area contributed by atoms with Crippen LogP contribution in [0, 0.1) is 0 Å². The van der Waals surface area contributed by atoms with Gasteiger partial charge in [-0.25, -0.2) is 14.8 Å². The third-order valence-electron chi connectivity index (χ3n) is 10.3. The minimum atomic E-state index is -0.618. The summed E-state index contributed by atoms with van der Waals surface area (Å²) in [6.07, 6.45) is 16.3. The molecule has 4 heterocycles. The molecule has 0 bridgehead atoms. The van der Waals surface area contributed by atoms with Gasteiger partial charge in [0.2, 0.25) is 5.91 Å². The highest BCUT2D eigenvalue weighted by molar-refractivity contribution is 5.82. The van der Waals surface area contributed by atoms with Crippen molar-refractivity contribution in [2.24, 2.45) is 0 Å². The first-order chi connectivity index (χ1) is 29.6. The van der Waals surface area contributed by atoms with Crippen LogP contribution < -0.4 is 10.6 Å². The number of hydrogen-bond donors (Lipinski definition) is 4. The Morgan fingerprint density at radius 3 is 1.67 bits per heavy atom. The summed E-state index contributed by atoms with van der Waals surface area (Å²) in [7, 11) is 6.50. The van der Waals surface area contributed by atoms with Crippen molar-refractivity contribution < 1.29 is 28.7 Å². The average Bonchev–Trinajstić information content (AvgIpc) is 4.13. The van der Waals surface area contributed by atoms with E-state index < -0.39 is 6.09 Å². The molecule has 0 aliphatic carbocycles. The van der Waals surface area contributed by atoms with Crippen LogP contribution in [0.3, 0.4) is 0 Å². The van der Waals surface area contributed by atoms with E-state index >= 15 is 0 Å². The number of nitrogens with one attached hydrogen (secondary N) is 4. The second-order valence-electron chi connectivity index (χ2n) is 15.0. The fraction of sp³-hybridized carbons (Fsp3) is 0.532. The van der Waals surface area contributed by atoms with Crippen molar-refractivity contribution in [3.8, 4) is 33.6 Å². The highest BCUT2D eigenvalue weighted by atomic mass is 16.5. The van der Waals surface area contributed by atoms with Crippen LogP contribution in [0.15, 0.2) is 60.9 Å². The zero-order valence-corrected chi connectivity index (χ0v) is 38.1. The number of carbonyl (C=O) groups excluding carboxylic acids is 4. The SMILES string of the molecule is CCC.CCCCCCC.CNCC=O.COC(=O)NCC(=O)N1CCC[C@H]1c1ncc(-c2ccc(-c3ccc(-c4cnc(C5CCC(C)N5C)[nH]4)cc3)cc2)[nH]1.COC=O. The number of aldehydes is 1. The second kappa shape index (κ2) is 29.8. The van der Waals surface area contributed by atoms with Gasteiger partial charge in [0.15, 0.2) is 0 Å². The van der Waals surface area contributed by atoms with Crippen LogP contribution in [0.5, 0.6) is 0 Å². The van der Waals surface area contributed by atoms with Gasteiger partial charge < -0.3 is 39.8 Å². The summed E-state index contributed by atoms with van der Waals surface area (Å²) in [5.41, 5.74) is 6.35. The maximum Gasteiger partial charge on any atom is 0.407 e. The van der Waals surface area contributed by atoms with Crippen LogP contribution >= 0.6 is 0 Å². The first-order valence-electron chi connectivity index (χ1n) is 21.8. The number of nitrogens with zero attached hydrogens (tertiary/aromatic N) is 4. The molecule has 2 aliphatic heterocycles. The van der Waals surface area contributed by atoms with E-state index in [2.05, 4.69) is 130 Å². The van der Waals surface area contributed by atoms with Crippen LogP contribution in [-0.2, 0) is 23.9 Å². The largest absolute Gasteiger partial charge is 0.471 e. The standard InChI is InChI=1S/C32H37N7O3.C7H16.C3H7NO.C3H8.C2H4O2/c1-20-6-15-27(38(20)2)30-33-17-25(36-30)23-11-7-21(8-12-23)22-9-13-24(14-10-22)26-18-34-31(37-26)28-5-4-16-39(28)29(40)19-35-32(41)42-3;1-3-5-7-6-4-2;1-4-2-3-5;1-3-2;1-4-2-3/h7-14,17-18,20,27-28H,4-6,15-16,19H2,1-3H3,(H,33,36)(H,34,37)(H,35,41);3-7H2,1-2H3;3-4H,2H2,1H3;3H2,1-2H3;2H,1H3/t20?,27?,28-;;;;/m0..../s1. The van der Waals surface area contributed by atoms with Crippen molar-refractivity contribution >= 4 is 24.8 Å². The topological polar surface area (TPSA) is 175 Å². The molecule has 2 aromatic heterocycles. The monoisotopic (exact) mass is 845 g/mol. The highest BCUT2D eigenvalue weighted by Crippen LogP contribution is 2.35. The number of aromatic amines is 2. The fourth-order valence-electron chi connectivity index (χ4n) is 6.86. The summed E-state index contributed by atoms with van der Waals surface area (Å²) in [5, 5.41) is 5.12. The molecule has 2 amide bonds. The van der Waals surface area contributed by atoms with Gasteiger partial charge in [-0.05, 0) is 69.0 Å². The predicted molar refractivity (Wildman–Crippen MR) is 244 cm³/mol. The van der Waals surface area contributed by atoms with E-state index in [1.807, 2.05) is 12.4 Å². The minimum Gasteiger partial charge on any atom is -0.471 e. The number of likely N-dealkylation sites (tertiary alicyclic amines) is 2. The molecule has 2 saturated heterocycles. The predicted octanol–water partition coefficient (Wildman–Crippen LogP) is 8.90. The second-order valence-corrected chi connectivity index (χ2v) is 15.0. The molecule has 4 N–H and O–H groups in total. The molecule has 0 radical (unpaired) electrons. The number of unbranched alkanes of at least 4 members (excludes halogenated alkanes) is 4. The van der Waals surface area contributed by atoms with Crippen molar-refractivity contribution in [2.45, 2.75) is 117 Å². The van der Waals surface area contributed by atoms with Gasteiger partial charge in [0.05, 0.1) is 56.6 Å². The molecular weight excluding hydrogens is 773 g/mol. The number of amides is 2. The van der Waals surface area contributed by atoms with Gasteiger partial charge >= 0.3 is 6.09 Å². The van der Waals surface area contributed by atoms with Gasteiger partial charge in [-0.3, -0.25) is 14.5 Å². The Morgan fingerprint density at radius 1 is 0.787 bits per heavy atom. The number of aromatic nitrogens is 4. The normalized spacial score (nSPS) is 16.5. The molecule has 2 aromatic carbocycles. The van der Waals surface area contributed by atoms with E-state index in [9.17, 15) is 14.4 Å². The van der Waals surface area contributed by atoms with Gasteiger partial charge in [0.25, 0.3) is 6.47 Å². The van der Waals surface area contributed by atoms with Crippen molar-refractivity contribution in [1.82, 2.24) is 40.4 Å². The third kappa shape index (κ3) is 17.3. The van der Waals surface area contributed by atoms with Crippen LogP contribution in [0.25, 0.3) is 33.6 Å². The van der Waals surface area contributed by atoms with Gasteiger partial charge in [0.1, 0.15) is 24.5 Å². The first-order valence-corrected chi connectivity index (χ1v) is 21.8. The number of hydrogen-bond acceptors (Lipinski definition) is 10. The molecular formula is C47H72N8O6. The molecule has 3 atom stereocenters. The number of ether oxygens (including phenoxy) is 2. The molecule has 336 valence electrons. The molecule has 2 fully saturated rings. The Balaban J connectivity index is 0.000000567. The zero-order chi connectivity index (χ0) is 45.0. The van der Waals surface area contributed by atoms with Gasteiger partial charge in [0, 0.05) is 12.6 Å². The summed E-state index contributed by atoms with van der Waals surface area (Å²) in [6, 6.07) is 17.7. The molecule has 14 nitrogen and oxygen atoms in total. The summed E-state index contributed by atoms with van der Waals surface area (Å²) in [4.78, 5) is 62.8. The van der Waals surface area contributed by atoms with E-state index in [4.69, 9.17) is 9.78 Å². The highest BCUT2D eigenvalue weighted by Gasteiger charge is 2.32. The summed E-state index contributed by atoms with van der Waals surface area (Å²) < 4.78 is 8.43. The molecule has 14 heteroatoms. The number of benzene rings is 2. The Morgan fingerprint density at radius 2 is 1.28 bits per heavy atom. The Labute approximate surface area is 364 Å². The van der Waals surface area contributed by atoms with E-state index in [1.165, 1.54) is 59.2 Å². The maximum atomic E-state index is 12.7. The number of methoxy groups -OCH3 is 2. The Kier molecular flexibility index (Phi) is 25.3. The van der Waals surface area contributed by atoms with Crippen LogP contribution in [0.1, 0.15) is 123 Å². The fourth-order valence-corrected chi connectivity index (χ4v) is 6.86. The summed E-state index contributed by atoms with van der Waals surface area (Å²) in [5.74, 6) is 1.64. The van der Waals surface area contributed by atoms with Crippen molar-refractivity contribution in [2.75, 3.05) is 47.9 Å². The van der Waals surface area contributed by atoms with Crippen LogP contribution in [0.4, 0.5) is 4.79 Å². The van der Waals surface area contributed by atoms with E-state index in [0.717, 1.165) is 70.8 Å². The lowest BCUT2D eigenvalue weighted by Crippen LogP contribution is -2.40. The van der Waals surface area contributed by atoms with Crippen LogP contribution in [-0.4, -0.2) is 108 Å². The Hall–Kier alpha value is -5.34. The van der Waals surface area contributed by atoms with Crippen molar-refractivity contribution in [3.63, 3.8) is 0 Å². The number of H-pyrrole nitrogens is 2. The Bertz CT molecular complexity index is 1810. The van der Waals surface area contributed by atoms with Crippen molar-refractivity contribution in [3.05, 3.63) is 72.6 Å². The lowest BCUT2D eigenvalue weighted by molar-refractivity contribution is -0.131. The number of likely N-dealkylation sites (N-methyl/N-ethyl adjacent to an activating group) is 1. The molecule has 4 aromatic rings. The smallest absolute Gasteiger partial charge is 0.407 e. The molecule has 0 saturated carbocycles. The number of carbonyl (C=O) groups is 4. The average molecular weight is 845 g/mol. The van der Waals surface area contributed by atoms with Crippen molar-refractivity contribution in [1.29, 1.82) is 0 Å². The number of imidazole rings is 2. The molecule has 0 spiro atoms. The maximum absolute atomic E-state index is 12.7. The molecule has 2 aliphatic rings. The molecule has 6 rings (SSSR count). The first kappa shape index (κ1) is 51.8. The van der Waals surface area contributed by atoms with E-state index in [-0.39, 0.29) is 18.5 Å². The lowest BCUT2D eigenvalue weighted by Gasteiger charge is -2.23. The lowest BCUT2D eigenvalue weighted by atomic mass is 10.0.